The zero-order chi connectivity index (χ0) is 13.2. The maximum absolute atomic E-state index is 12.5. The van der Waals surface area contributed by atoms with E-state index in [0.717, 1.165) is 19.4 Å². The fourth-order valence-electron chi connectivity index (χ4n) is 2.55. The van der Waals surface area contributed by atoms with E-state index in [1.165, 1.54) is 0 Å². The molecule has 0 unspecified atom stereocenters. The molecule has 0 bridgehead atoms. The highest BCUT2D eigenvalue weighted by molar-refractivity contribution is 5.93. The summed E-state index contributed by atoms with van der Waals surface area (Å²) in [7, 11) is 1.66. The Balaban J connectivity index is 1.86. The number of amides is 1. The van der Waals surface area contributed by atoms with E-state index >= 15 is 0 Å². The van der Waals surface area contributed by atoms with Crippen LogP contribution in [0.25, 0.3) is 5.78 Å². The highest BCUT2D eigenvalue weighted by Crippen LogP contribution is 2.20. The van der Waals surface area contributed by atoms with Gasteiger partial charge in [0.15, 0.2) is 0 Å². The van der Waals surface area contributed by atoms with Crippen LogP contribution in [0.2, 0.25) is 0 Å². The Kier molecular flexibility index (Phi) is 3.16. The van der Waals surface area contributed by atoms with Gasteiger partial charge in [-0.3, -0.25) is 9.20 Å². The number of likely N-dealkylation sites (tertiary alicyclic amines) is 1. The summed E-state index contributed by atoms with van der Waals surface area (Å²) in [5.74, 6) is 0.512. The number of hydrogen-bond donors (Lipinski definition) is 0. The summed E-state index contributed by atoms with van der Waals surface area (Å²) in [6, 6.07) is 1.97. The lowest BCUT2D eigenvalue weighted by Gasteiger charge is -2.22. The van der Waals surface area contributed by atoms with Crippen LogP contribution >= 0.6 is 0 Å². The summed E-state index contributed by atoms with van der Waals surface area (Å²) in [5, 5.41) is 0. The smallest absolute Gasteiger partial charge is 0.274 e. The molecule has 1 amide bonds. The van der Waals surface area contributed by atoms with Crippen LogP contribution in [0.3, 0.4) is 0 Å². The number of carbonyl (C=O) groups excluding carboxylic acids is 1. The molecule has 19 heavy (non-hydrogen) atoms. The van der Waals surface area contributed by atoms with Gasteiger partial charge in [0.25, 0.3) is 5.91 Å². The van der Waals surface area contributed by atoms with Gasteiger partial charge in [0, 0.05) is 32.2 Å². The largest absolute Gasteiger partial charge is 0.383 e. The topological polar surface area (TPSA) is 59.7 Å². The molecule has 0 spiro atoms. The van der Waals surface area contributed by atoms with Gasteiger partial charge in [-0.05, 0) is 18.9 Å². The van der Waals surface area contributed by atoms with Crippen molar-refractivity contribution in [2.75, 3.05) is 20.3 Å². The molecular weight excluding hydrogens is 244 g/mol. The van der Waals surface area contributed by atoms with Crippen molar-refractivity contribution >= 4 is 11.7 Å². The van der Waals surface area contributed by atoms with Gasteiger partial charge < -0.3 is 9.64 Å². The van der Waals surface area contributed by atoms with E-state index in [0.29, 0.717) is 18.1 Å². The molecule has 1 saturated heterocycles. The molecule has 0 aromatic carbocycles. The van der Waals surface area contributed by atoms with Crippen molar-refractivity contribution in [1.82, 2.24) is 19.3 Å². The molecule has 1 aliphatic heterocycles. The molecule has 0 aliphatic carbocycles. The molecule has 3 heterocycles. The minimum absolute atomic E-state index is 0.0370. The first-order valence-corrected chi connectivity index (χ1v) is 6.39. The van der Waals surface area contributed by atoms with Crippen LogP contribution in [0.15, 0.2) is 24.7 Å². The maximum atomic E-state index is 12.5. The number of nitrogens with zero attached hydrogens (tertiary/aromatic N) is 4. The molecular formula is C13H16N4O2. The van der Waals surface area contributed by atoms with E-state index in [-0.39, 0.29) is 11.9 Å². The third-order valence-electron chi connectivity index (χ3n) is 3.45. The van der Waals surface area contributed by atoms with Crippen LogP contribution in [0, 0.1) is 0 Å². The molecule has 1 atom stereocenters. The Hall–Kier alpha value is -1.95. The number of hydrogen-bond acceptors (Lipinski definition) is 4. The fraction of sp³-hybridized carbons (Fsp3) is 0.462. The second-order valence-corrected chi connectivity index (χ2v) is 4.70. The first-order valence-electron chi connectivity index (χ1n) is 6.39. The lowest BCUT2D eigenvalue weighted by Crippen LogP contribution is -2.38. The molecule has 1 fully saturated rings. The lowest BCUT2D eigenvalue weighted by atomic mass is 10.2. The molecule has 6 heteroatoms. The standard InChI is InChI=1S/C13H16N4O2/c1-19-9-10-4-2-7-17(10)12(18)11-8-16-6-3-5-14-13(16)15-11/h3,5-6,8,10H,2,4,7,9H2,1H3/t10-/m1/s1. The summed E-state index contributed by atoms with van der Waals surface area (Å²) >= 11 is 0. The summed E-state index contributed by atoms with van der Waals surface area (Å²) < 4.78 is 6.93. The predicted octanol–water partition coefficient (Wildman–Crippen LogP) is 0.980. The highest BCUT2D eigenvalue weighted by atomic mass is 16.5. The van der Waals surface area contributed by atoms with E-state index in [4.69, 9.17) is 4.74 Å². The average Bonchev–Trinajstić information content (AvgIpc) is 3.04. The van der Waals surface area contributed by atoms with E-state index in [1.807, 2.05) is 17.2 Å². The van der Waals surface area contributed by atoms with Crippen molar-refractivity contribution in [2.45, 2.75) is 18.9 Å². The molecule has 0 saturated carbocycles. The molecule has 0 radical (unpaired) electrons. The van der Waals surface area contributed by atoms with Crippen LogP contribution in [0.1, 0.15) is 23.3 Å². The second kappa shape index (κ2) is 4.97. The first-order chi connectivity index (χ1) is 9.29. The number of aromatic nitrogens is 3. The monoisotopic (exact) mass is 260 g/mol. The third-order valence-corrected chi connectivity index (χ3v) is 3.45. The number of carbonyl (C=O) groups is 1. The van der Waals surface area contributed by atoms with E-state index in [9.17, 15) is 4.79 Å². The van der Waals surface area contributed by atoms with E-state index < -0.39 is 0 Å². The molecule has 6 nitrogen and oxygen atoms in total. The second-order valence-electron chi connectivity index (χ2n) is 4.70. The minimum Gasteiger partial charge on any atom is -0.383 e. The van der Waals surface area contributed by atoms with E-state index in [1.54, 1.807) is 23.9 Å². The number of rotatable bonds is 3. The summed E-state index contributed by atoms with van der Waals surface area (Å²) in [4.78, 5) is 22.7. The Labute approximate surface area is 111 Å². The van der Waals surface area contributed by atoms with Crippen LogP contribution in [-0.4, -0.2) is 51.5 Å². The number of methoxy groups -OCH3 is 1. The van der Waals surface area contributed by atoms with Gasteiger partial charge in [-0.2, -0.15) is 0 Å². The van der Waals surface area contributed by atoms with Crippen molar-refractivity contribution < 1.29 is 9.53 Å². The van der Waals surface area contributed by atoms with Gasteiger partial charge in [-0.15, -0.1) is 0 Å². The van der Waals surface area contributed by atoms with Gasteiger partial charge in [0.05, 0.1) is 12.6 Å². The predicted molar refractivity (Wildman–Crippen MR) is 68.9 cm³/mol. The van der Waals surface area contributed by atoms with Crippen LogP contribution in [0.4, 0.5) is 0 Å². The Morgan fingerprint density at radius 3 is 3.26 bits per heavy atom. The summed E-state index contributed by atoms with van der Waals surface area (Å²) in [5.41, 5.74) is 0.446. The normalized spacial score (nSPS) is 19.2. The number of ether oxygens (including phenoxy) is 1. The lowest BCUT2D eigenvalue weighted by molar-refractivity contribution is 0.0625. The van der Waals surface area contributed by atoms with Gasteiger partial charge in [-0.25, -0.2) is 9.97 Å². The maximum Gasteiger partial charge on any atom is 0.274 e. The fourth-order valence-corrected chi connectivity index (χ4v) is 2.55. The third kappa shape index (κ3) is 2.19. The zero-order valence-corrected chi connectivity index (χ0v) is 10.8. The Morgan fingerprint density at radius 2 is 2.47 bits per heavy atom. The van der Waals surface area contributed by atoms with Crippen LogP contribution in [-0.2, 0) is 4.74 Å². The van der Waals surface area contributed by atoms with Gasteiger partial charge in [0.2, 0.25) is 5.78 Å². The molecule has 100 valence electrons. The SMILES string of the molecule is COC[C@H]1CCCN1C(=O)c1cn2cccnc2n1. The summed E-state index contributed by atoms with van der Waals surface area (Å²) in [6.45, 7) is 1.35. The minimum atomic E-state index is -0.0370. The average molecular weight is 260 g/mol. The Bertz CT molecular complexity index is 562. The molecule has 2 aromatic heterocycles. The quantitative estimate of drug-likeness (QED) is 0.825. The Morgan fingerprint density at radius 1 is 1.58 bits per heavy atom. The molecule has 0 N–H and O–H groups in total. The molecule has 1 aliphatic rings. The first kappa shape index (κ1) is 12.1. The number of fused-ring (bicyclic) bond motifs is 1. The van der Waals surface area contributed by atoms with Crippen molar-refractivity contribution in [3.63, 3.8) is 0 Å². The van der Waals surface area contributed by atoms with Crippen molar-refractivity contribution in [3.05, 3.63) is 30.4 Å². The molecule has 3 rings (SSSR count). The zero-order valence-electron chi connectivity index (χ0n) is 10.8. The van der Waals surface area contributed by atoms with Crippen molar-refractivity contribution in [1.29, 1.82) is 0 Å². The number of imidazole rings is 1. The molecule has 2 aromatic rings. The van der Waals surface area contributed by atoms with Gasteiger partial charge >= 0.3 is 0 Å². The van der Waals surface area contributed by atoms with Crippen LogP contribution < -0.4 is 0 Å². The summed E-state index contributed by atoms with van der Waals surface area (Å²) in [6.07, 6.45) is 7.24. The van der Waals surface area contributed by atoms with Gasteiger partial charge in [0.1, 0.15) is 5.69 Å². The van der Waals surface area contributed by atoms with Gasteiger partial charge in [-0.1, -0.05) is 0 Å². The van der Waals surface area contributed by atoms with Crippen LogP contribution in [0.5, 0.6) is 0 Å². The van der Waals surface area contributed by atoms with E-state index in [2.05, 4.69) is 9.97 Å². The highest BCUT2D eigenvalue weighted by Gasteiger charge is 2.30. The van der Waals surface area contributed by atoms with Crippen molar-refractivity contribution in [2.24, 2.45) is 0 Å². The van der Waals surface area contributed by atoms with Crippen molar-refractivity contribution in [3.8, 4) is 0 Å².